The van der Waals surface area contributed by atoms with Gasteiger partial charge in [-0.25, -0.2) is 4.98 Å². The molecule has 1 fully saturated rings. The van der Waals surface area contributed by atoms with Crippen molar-refractivity contribution < 1.29 is 0 Å². The van der Waals surface area contributed by atoms with Crippen molar-refractivity contribution in [3.8, 4) is 0 Å². The predicted octanol–water partition coefficient (Wildman–Crippen LogP) is 4.22. The van der Waals surface area contributed by atoms with Crippen LogP contribution in [-0.2, 0) is 6.42 Å². The van der Waals surface area contributed by atoms with Gasteiger partial charge in [0, 0.05) is 30.9 Å². The summed E-state index contributed by atoms with van der Waals surface area (Å²) in [4.78, 5) is 6.79. The topological polar surface area (TPSA) is 28.2 Å². The molecule has 1 saturated carbocycles. The van der Waals surface area contributed by atoms with Crippen LogP contribution >= 0.6 is 0 Å². The van der Waals surface area contributed by atoms with Crippen molar-refractivity contribution in [3.05, 3.63) is 30.0 Å². The van der Waals surface area contributed by atoms with Gasteiger partial charge in [0.2, 0.25) is 0 Å². The van der Waals surface area contributed by atoms with Crippen molar-refractivity contribution in [2.24, 2.45) is 0 Å². The molecule has 0 unspecified atom stereocenters. The minimum absolute atomic E-state index is 0.617. The van der Waals surface area contributed by atoms with Gasteiger partial charge < -0.3 is 10.2 Å². The van der Waals surface area contributed by atoms with Crippen molar-refractivity contribution in [3.63, 3.8) is 0 Å². The molecule has 112 valence electrons. The summed E-state index contributed by atoms with van der Waals surface area (Å²) >= 11 is 0. The van der Waals surface area contributed by atoms with Crippen LogP contribution in [-0.4, -0.2) is 25.1 Å². The average molecular weight is 283 g/mol. The van der Waals surface area contributed by atoms with E-state index in [0.29, 0.717) is 6.04 Å². The highest BCUT2D eigenvalue weighted by molar-refractivity contribution is 6.00. The highest BCUT2D eigenvalue weighted by Gasteiger charge is 2.17. The lowest BCUT2D eigenvalue weighted by molar-refractivity contribution is 0.756. The van der Waals surface area contributed by atoms with Crippen LogP contribution in [0.1, 0.15) is 38.2 Å². The molecule has 0 radical (unpaired) electrons. The van der Waals surface area contributed by atoms with Crippen LogP contribution < -0.4 is 10.2 Å². The van der Waals surface area contributed by atoms with Crippen molar-refractivity contribution in [1.82, 2.24) is 4.98 Å². The molecular weight excluding hydrogens is 258 g/mol. The highest BCUT2D eigenvalue weighted by Crippen LogP contribution is 2.32. The SMILES string of the molecule is CCc1ccc2c(NC3CCCC3)cnc(N(C)C)c2c1. The molecule has 1 aliphatic carbocycles. The van der Waals surface area contributed by atoms with Crippen LogP contribution in [0.15, 0.2) is 24.4 Å². The Hall–Kier alpha value is -1.77. The van der Waals surface area contributed by atoms with E-state index in [4.69, 9.17) is 0 Å². The largest absolute Gasteiger partial charge is 0.381 e. The minimum atomic E-state index is 0.617. The number of nitrogens with one attached hydrogen (secondary N) is 1. The third-order valence-corrected chi connectivity index (χ3v) is 4.48. The van der Waals surface area contributed by atoms with E-state index in [-0.39, 0.29) is 0 Å². The first kappa shape index (κ1) is 14.2. The fourth-order valence-corrected chi connectivity index (χ4v) is 3.26. The molecule has 0 aliphatic heterocycles. The molecule has 3 heteroatoms. The van der Waals surface area contributed by atoms with Gasteiger partial charge >= 0.3 is 0 Å². The third-order valence-electron chi connectivity index (χ3n) is 4.48. The fourth-order valence-electron chi connectivity index (χ4n) is 3.26. The summed E-state index contributed by atoms with van der Waals surface area (Å²) in [6.07, 6.45) is 8.32. The number of rotatable bonds is 4. The van der Waals surface area contributed by atoms with E-state index < -0.39 is 0 Å². The molecule has 2 aromatic rings. The second-order valence-corrected chi connectivity index (χ2v) is 6.25. The first-order chi connectivity index (χ1) is 10.2. The summed E-state index contributed by atoms with van der Waals surface area (Å²) in [5.74, 6) is 1.05. The Kier molecular flexibility index (Phi) is 4.00. The smallest absolute Gasteiger partial charge is 0.136 e. The van der Waals surface area contributed by atoms with Crippen LogP contribution in [0.2, 0.25) is 0 Å². The number of pyridine rings is 1. The normalized spacial score (nSPS) is 15.6. The first-order valence-electron chi connectivity index (χ1n) is 8.04. The summed E-state index contributed by atoms with van der Waals surface area (Å²) in [7, 11) is 4.12. The number of fused-ring (bicyclic) bond motifs is 1. The second-order valence-electron chi connectivity index (χ2n) is 6.25. The maximum atomic E-state index is 4.69. The van der Waals surface area contributed by atoms with Gasteiger partial charge in [-0.2, -0.15) is 0 Å². The lowest BCUT2D eigenvalue weighted by Gasteiger charge is -2.20. The lowest BCUT2D eigenvalue weighted by atomic mass is 10.0. The van der Waals surface area contributed by atoms with E-state index in [1.807, 2.05) is 6.20 Å². The molecule has 1 heterocycles. The molecule has 0 saturated heterocycles. The number of hydrogen-bond acceptors (Lipinski definition) is 3. The first-order valence-corrected chi connectivity index (χ1v) is 8.04. The second kappa shape index (κ2) is 5.92. The molecule has 1 aromatic heterocycles. The van der Waals surface area contributed by atoms with Gasteiger partial charge in [0.05, 0.1) is 11.9 Å². The summed E-state index contributed by atoms with van der Waals surface area (Å²) in [5, 5.41) is 6.25. The third kappa shape index (κ3) is 2.82. The van der Waals surface area contributed by atoms with Crippen LogP contribution in [0.5, 0.6) is 0 Å². The van der Waals surface area contributed by atoms with Crippen molar-refractivity contribution >= 4 is 22.3 Å². The van der Waals surface area contributed by atoms with Crippen LogP contribution in [0.25, 0.3) is 10.8 Å². The Bertz CT molecular complexity index is 628. The number of aryl methyl sites for hydroxylation is 1. The van der Waals surface area contributed by atoms with Gasteiger partial charge in [-0.3, -0.25) is 0 Å². The molecule has 3 nitrogen and oxygen atoms in total. The molecule has 1 aliphatic rings. The molecule has 1 N–H and O–H groups in total. The average Bonchev–Trinajstić information content (AvgIpc) is 2.99. The van der Waals surface area contributed by atoms with Gasteiger partial charge in [0.15, 0.2) is 0 Å². The highest BCUT2D eigenvalue weighted by atomic mass is 15.1. The Morgan fingerprint density at radius 3 is 2.62 bits per heavy atom. The molecule has 0 bridgehead atoms. The summed E-state index contributed by atoms with van der Waals surface area (Å²) in [6, 6.07) is 7.39. The molecule has 3 rings (SSSR count). The van der Waals surface area contributed by atoms with Gasteiger partial charge in [0.25, 0.3) is 0 Å². The van der Waals surface area contributed by atoms with E-state index in [2.05, 4.69) is 54.4 Å². The maximum absolute atomic E-state index is 4.69. The van der Waals surface area contributed by atoms with Crippen LogP contribution in [0, 0.1) is 0 Å². The number of benzene rings is 1. The van der Waals surface area contributed by atoms with E-state index in [9.17, 15) is 0 Å². The zero-order valence-corrected chi connectivity index (χ0v) is 13.3. The zero-order valence-electron chi connectivity index (χ0n) is 13.3. The Morgan fingerprint density at radius 2 is 1.95 bits per heavy atom. The molecule has 1 aromatic carbocycles. The number of hydrogen-bond donors (Lipinski definition) is 1. The molecular formula is C18H25N3. The maximum Gasteiger partial charge on any atom is 0.136 e. The van der Waals surface area contributed by atoms with E-state index in [1.165, 1.54) is 47.7 Å². The fraction of sp³-hybridized carbons (Fsp3) is 0.500. The van der Waals surface area contributed by atoms with Crippen molar-refractivity contribution in [1.29, 1.82) is 0 Å². The summed E-state index contributed by atoms with van der Waals surface area (Å²) in [6.45, 7) is 2.20. The van der Waals surface area contributed by atoms with Gasteiger partial charge in [0.1, 0.15) is 5.82 Å². The van der Waals surface area contributed by atoms with E-state index in [1.54, 1.807) is 0 Å². The Labute approximate surface area is 127 Å². The Balaban J connectivity index is 2.06. The van der Waals surface area contributed by atoms with Crippen molar-refractivity contribution in [2.75, 3.05) is 24.3 Å². The quantitative estimate of drug-likeness (QED) is 0.910. The lowest BCUT2D eigenvalue weighted by Crippen LogP contribution is -2.16. The molecule has 0 spiro atoms. The Morgan fingerprint density at radius 1 is 1.19 bits per heavy atom. The minimum Gasteiger partial charge on any atom is -0.381 e. The van der Waals surface area contributed by atoms with Crippen molar-refractivity contribution in [2.45, 2.75) is 45.1 Å². The van der Waals surface area contributed by atoms with Crippen LogP contribution in [0.4, 0.5) is 11.5 Å². The van der Waals surface area contributed by atoms with Gasteiger partial charge in [-0.05, 0) is 30.9 Å². The molecule has 0 amide bonds. The molecule has 21 heavy (non-hydrogen) atoms. The summed E-state index contributed by atoms with van der Waals surface area (Å²) < 4.78 is 0. The van der Waals surface area contributed by atoms with Crippen LogP contribution in [0.3, 0.4) is 0 Å². The van der Waals surface area contributed by atoms with Gasteiger partial charge in [-0.15, -0.1) is 0 Å². The molecule has 0 atom stereocenters. The monoisotopic (exact) mass is 283 g/mol. The van der Waals surface area contributed by atoms with E-state index >= 15 is 0 Å². The van der Waals surface area contributed by atoms with E-state index in [0.717, 1.165) is 12.2 Å². The zero-order chi connectivity index (χ0) is 14.8. The predicted molar refractivity (Wildman–Crippen MR) is 91.3 cm³/mol. The summed E-state index contributed by atoms with van der Waals surface area (Å²) in [5.41, 5.74) is 2.55. The number of anilines is 2. The number of nitrogens with zero attached hydrogens (tertiary/aromatic N) is 2. The van der Waals surface area contributed by atoms with Gasteiger partial charge in [-0.1, -0.05) is 31.9 Å². The number of aromatic nitrogens is 1. The standard InChI is InChI=1S/C18H25N3/c1-4-13-9-10-15-16(11-13)18(21(2)3)19-12-17(15)20-14-7-5-6-8-14/h9-12,14,20H,4-8H2,1-3H3.